The van der Waals surface area contributed by atoms with E-state index in [1.165, 1.54) is 6.20 Å². The van der Waals surface area contributed by atoms with Gasteiger partial charge in [-0.2, -0.15) is 0 Å². The molecule has 8 nitrogen and oxygen atoms in total. The monoisotopic (exact) mass is 290 g/mol. The van der Waals surface area contributed by atoms with E-state index in [2.05, 4.69) is 25.5 Å². The number of carboxylic acids is 1. The maximum Gasteiger partial charge on any atom is 0.356 e. The second kappa shape index (κ2) is 6.29. The van der Waals surface area contributed by atoms with E-state index in [0.29, 0.717) is 18.1 Å². The van der Waals surface area contributed by atoms with Gasteiger partial charge < -0.3 is 15.0 Å². The van der Waals surface area contributed by atoms with Crippen LogP contribution in [-0.2, 0) is 13.1 Å². The third-order valence-corrected chi connectivity index (χ3v) is 3.00. The minimum atomic E-state index is -1.08. The number of aromatic carboxylic acids is 1. The Hall–Kier alpha value is -2.51. The van der Waals surface area contributed by atoms with Gasteiger partial charge in [0.1, 0.15) is 12.2 Å². The van der Waals surface area contributed by atoms with Gasteiger partial charge in [-0.1, -0.05) is 13.8 Å². The molecular weight excluding hydrogens is 272 g/mol. The second-order valence-corrected chi connectivity index (χ2v) is 4.84. The highest BCUT2D eigenvalue weighted by Gasteiger charge is 2.16. The summed E-state index contributed by atoms with van der Waals surface area (Å²) in [5.74, 6) is 0.218. The number of carbonyl (C=O) groups is 1. The summed E-state index contributed by atoms with van der Waals surface area (Å²) < 4.78 is 1.87. The lowest BCUT2D eigenvalue weighted by Gasteiger charge is -2.11. The Morgan fingerprint density at radius 1 is 1.48 bits per heavy atom. The number of aryl methyl sites for hydroxylation is 1. The Balaban J connectivity index is 2.21. The first-order chi connectivity index (χ1) is 10.0. The third kappa shape index (κ3) is 3.33. The van der Waals surface area contributed by atoms with E-state index >= 15 is 0 Å². The number of anilines is 1. The first-order valence-corrected chi connectivity index (χ1v) is 6.73. The number of hydrogen-bond acceptors (Lipinski definition) is 6. The number of hydrogen-bond donors (Lipinski definition) is 2. The van der Waals surface area contributed by atoms with Gasteiger partial charge in [0.15, 0.2) is 11.5 Å². The summed E-state index contributed by atoms with van der Waals surface area (Å²) in [7, 11) is 0. The van der Waals surface area contributed by atoms with Crippen LogP contribution in [0.25, 0.3) is 0 Å². The van der Waals surface area contributed by atoms with Crippen molar-refractivity contribution in [3.63, 3.8) is 0 Å². The molecule has 0 amide bonds. The maximum absolute atomic E-state index is 11.3. The van der Waals surface area contributed by atoms with Crippen LogP contribution in [0.4, 0.5) is 5.69 Å². The standard InChI is InChI=1S/C13H18N6O2/c1-4-19-7-16-18-10(19)6-14-9-5-15-12(8(2)3)17-11(9)13(20)21/h5,7-8,14H,4,6H2,1-3H3,(H,20,21). The molecule has 0 spiro atoms. The number of nitrogens with zero attached hydrogens (tertiary/aromatic N) is 5. The molecule has 0 bridgehead atoms. The molecular formula is C13H18N6O2. The fraction of sp³-hybridized carbons (Fsp3) is 0.462. The Morgan fingerprint density at radius 2 is 2.24 bits per heavy atom. The van der Waals surface area contributed by atoms with Gasteiger partial charge in [0.05, 0.1) is 18.4 Å². The van der Waals surface area contributed by atoms with Crippen molar-refractivity contribution >= 4 is 11.7 Å². The minimum absolute atomic E-state index is 0.0312. The summed E-state index contributed by atoms with van der Waals surface area (Å²) in [5.41, 5.74) is 0.341. The first-order valence-electron chi connectivity index (χ1n) is 6.73. The number of carboxylic acid groups (broad SMARTS) is 1. The average molecular weight is 290 g/mol. The van der Waals surface area contributed by atoms with Gasteiger partial charge in [0.25, 0.3) is 0 Å². The van der Waals surface area contributed by atoms with E-state index in [1.54, 1.807) is 6.33 Å². The molecule has 0 aliphatic carbocycles. The third-order valence-electron chi connectivity index (χ3n) is 3.00. The van der Waals surface area contributed by atoms with Crippen molar-refractivity contribution in [2.75, 3.05) is 5.32 Å². The lowest BCUT2D eigenvalue weighted by atomic mass is 10.2. The summed E-state index contributed by atoms with van der Waals surface area (Å²) in [6, 6.07) is 0. The molecule has 0 saturated heterocycles. The zero-order valence-corrected chi connectivity index (χ0v) is 12.2. The van der Waals surface area contributed by atoms with Gasteiger partial charge >= 0.3 is 5.97 Å². The van der Waals surface area contributed by atoms with Crippen LogP contribution in [0, 0.1) is 0 Å². The summed E-state index contributed by atoms with van der Waals surface area (Å²) in [5, 5.41) is 20.1. The largest absolute Gasteiger partial charge is 0.476 e. The first kappa shape index (κ1) is 14.9. The Kier molecular flexibility index (Phi) is 4.46. The van der Waals surface area contributed by atoms with Gasteiger partial charge in [-0.15, -0.1) is 10.2 Å². The molecule has 0 aliphatic rings. The van der Waals surface area contributed by atoms with E-state index in [0.717, 1.165) is 12.4 Å². The molecule has 0 fully saturated rings. The zero-order chi connectivity index (χ0) is 15.4. The fourth-order valence-electron chi connectivity index (χ4n) is 1.82. The summed E-state index contributed by atoms with van der Waals surface area (Å²) in [6.07, 6.45) is 3.13. The van der Waals surface area contributed by atoms with Gasteiger partial charge in [-0.3, -0.25) is 0 Å². The molecule has 0 saturated carbocycles. The Bertz CT molecular complexity index is 637. The van der Waals surface area contributed by atoms with E-state index < -0.39 is 5.97 Å². The van der Waals surface area contributed by atoms with E-state index in [9.17, 15) is 9.90 Å². The Labute approximate surface area is 122 Å². The summed E-state index contributed by atoms with van der Waals surface area (Å²) in [4.78, 5) is 19.6. The topological polar surface area (TPSA) is 106 Å². The molecule has 2 heterocycles. The predicted molar refractivity (Wildman–Crippen MR) is 76.1 cm³/mol. The van der Waals surface area contributed by atoms with Crippen molar-refractivity contribution in [3.05, 3.63) is 29.9 Å². The van der Waals surface area contributed by atoms with E-state index in [4.69, 9.17) is 0 Å². The zero-order valence-electron chi connectivity index (χ0n) is 12.2. The molecule has 2 N–H and O–H groups in total. The molecule has 8 heteroatoms. The van der Waals surface area contributed by atoms with Gasteiger partial charge in [0.2, 0.25) is 0 Å². The van der Waals surface area contributed by atoms with Crippen LogP contribution >= 0.6 is 0 Å². The van der Waals surface area contributed by atoms with Crippen molar-refractivity contribution in [2.24, 2.45) is 0 Å². The highest BCUT2D eigenvalue weighted by molar-refractivity contribution is 5.91. The summed E-state index contributed by atoms with van der Waals surface area (Å²) >= 11 is 0. The van der Waals surface area contributed by atoms with Gasteiger partial charge in [-0.05, 0) is 6.92 Å². The maximum atomic E-state index is 11.3. The molecule has 21 heavy (non-hydrogen) atoms. The normalized spacial score (nSPS) is 10.9. The highest BCUT2D eigenvalue weighted by atomic mass is 16.4. The van der Waals surface area contributed by atoms with Crippen LogP contribution < -0.4 is 5.32 Å². The smallest absolute Gasteiger partial charge is 0.356 e. The molecule has 0 atom stereocenters. The van der Waals surface area contributed by atoms with Gasteiger partial charge in [0, 0.05) is 12.5 Å². The van der Waals surface area contributed by atoms with Crippen LogP contribution in [0.5, 0.6) is 0 Å². The van der Waals surface area contributed by atoms with Crippen molar-refractivity contribution < 1.29 is 9.90 Å². The average Bonchev–Trinajstić information content (AvgIpc) is 2.92. The second-order valence-electron chi connectivity index (χ2n) is 4.84. The molecule has 112 valence electrons. The van der Waals surface area contributed by atoms with E-state index in [-0.39, 0.29) is 11.6 Å². The van der Waals surface area contributed by atoms with Crippen molar-refractivity contribution in [1.82, 2.24) is 24.7 Å². The van der Waals surface area contributed by atoms with Crippen LogP contribution in [0.2, 0.25) is 0 Å². The predicted octanol–water partition coefficient (Wildman–Crippen LogP) is 1.52. The SMILES string of the molecule is CCn1cnnc1CNc1cnc(C(C)C)nc1C(=O)O. The molecule has 0 aromatic carbocycles. The molecule has 0 radical (unpaired) electrons. The number of nitrogens with one attached hydrogen (secondary N) is 1. The molecule has 2 aromatic heterocycles. The summed E-state index contributed by atoms with van der Waals surface area (Å²) in [6.45, 7) is 6.92. The molecule has 2 aromatic rings. The minimum Gasteiger partial charge on any atom is -0.476 e. The molecule has 0 aliphatic heterocycles. The fourth-order valence-corrected chi connectivity index (χ4v) is 1.82. The van der Waals surface area contributed by atoms with Crippen LogP contribution in [0.1, 0.15) is 48.8 Å². The van der Waals surface area contributed by atoms with Crippen molar-refractivity contribution in [2.45, 2.75) is 39.8 Å². The van der Waals surface area contributed by atoms with Crippen LogP contribution in [0.15, 0.2) is 12.5 Å². The number of rotatable bonds is 6. The lowest BCUT2D eigenvalue weighted by Crippen LogP contribution is -2.14. The highest BCUT2D eigenvalue weighted by Crippen LogP contribution is 2.17. The lowest BCUT2D eigenvalue weighted by molar-refractivity contribution is 0.0691. The van der Waals surface area contributed by atoms with Gasteiger partial charge in [-0.25, -0.2) is 14.8 Å². The quantitative estimate of drug-likeness (QED) is 0.830. The van der Waals surface area contributed by atoms with Crippen LogP contribution in [0.3, 0.4) is 0 Å². The molecule has 0 unspecified atom stereocenters. The molecule has 2 rings (SSSR count). The number of aromatic nitrogens is 5. The van der Waals surface area contributed by atoms with E-state index in [1.807, 2.05) is 25.3 Å². The van der Waals surface area contributed by atoms with Crippen LogP contribution in [-0.4, -0.2) is 35.8 Å². The van der Waals surface area contributed by atoms with Crippen molar-refractivity contribution in [1.29, 1.82) is 0 Å². The Morgan fingerprint density at radius 3 is 2.86 bits per heavy atom. The van der Waals surface area contributed by atoms with Crippen molar-refractivity contribution in [3.8, 4) is 0 Å².